The van der Waals surface area contributed by atoms with Crippen LogP contribution in [0.2, 0.25) is 0 Å². The van der Waals surface area contributed by atoms with Gasteiger partial charge in [-0.3, -0.25) is 14.6 Å². The predicted octanol–water partition coefficient (Wildman–Crippen LogP) is 2.84. The summed E-state index contributed by atoms with van der Waals surface area (Å²) in [6.07, 6.45) is 11.8. The first-order valence-corrected chi connectivity index (χ1v) is 8.40. The summed E-state index contributed by atoms with van der Waals surface area (Å²) in [6, 6.07) is 1.59. The van der Waals surface area contributed by atoms with Crippen LogP contribution in [-0.4, -0.2) is 29.9 Å². The summed E-state index contributed by atoms with van der Waals surface area (Å²) in [4.78, 5) is 28.1. The lowest BCUT2D eigenvalue weighted by molar-refractivity contribution is 0.0953. The van der Waals surface area contributed by atoms with Crippen LogP contribution in [0, 0.1) is 0 Å². The SMILES string of the molecule is CCCNC(=O)c1cncc(C(=O)NCCC2=CCCCC2)c1. The van der Waals surface area contributed by atoms with Crippen LogP contribution in [0.4, 0.5) is 0 Å². The molecule has 2 rings (SSSR count). The molecule has 5 nitrogen and oxygen atoms in total. The first-order valence-electron chi connectivity index (χ1n) is 8.40. The molecule has 1 heterocycles. The van der Waals surface area contributed by atoms with Gasteiger partial charge in [0.1, 0.15) is 0 Å². The molecule has 0 saturated heterocycles. The topological polar surface area (TPSA) is 71.1 Å². The minimum Gasteiger partial charge on any atom is -0.352 e. The zero-order valence-corrected chi connectivity index (χ0v) is 13.7. The molecule has 0 atom stereocenters. The Morgan fingerprint density at radius 3 is 2.39 bits per heavy atom. The number of rotatable bonds is 7. The zero-order chi connectivity index (χ0) is 16.5. The van der Waals surface area contributed by atoms with Crippen molar-refractivity contribution < 1.29 is 9.59 Å². The van der Waals surface area contributed by atoms with Crippen molar-refractivity contribution in [2.24, 2.45) is 0 Å². The van der Waals surface area contributed by atoms with Crippen LogP contribution in [-0.2, 0) is 0 Å². The average Bonchev–Trinajstić information content (AvgIpc) is 2.60. The predicted molar refractivity (Wildman–Crippen MR) is 90.4 cm³/mol. The number of pyridine rings is 1. The van der Waals surface area contributed by atoms with Gasteiger partial charge < -0.3 is 10.6 Å². The molecule has 1 aliphatic rings. The van der Waals surface area contributed by atoms with Crippen molar-refractivity contribution in [3.63, 3.8) is 0 Å². The number of nitrogens with zero attached hydrogens (tertiary/aromatic N) is 1. The van der Waals surface area contributed by atoms with E-state index < -0.39 is 0 Å². The third-order valence-electron chi connectivity index (χ3n) is 3.91. The first kappa shape index (κ1) is 17.2. The highest BCUT2D eigenvalue weighted by Crippen LogP contribution is 2.19. The number of nitrogens with one attached hydrogen (secondary N) is 2. The molecule has 0 bridgehead atoms. The first-order chi connectivity index (χ1) is 11.2. The van der Waals surface area contributed by atoms with Crippen molar-refractivity contribution in [3.05, 3.63) is 41.2 Å². The molecule has 0 aromatic carbocycles. The smallest absolute Gasteiger partial charge is 0.252 e. The van der Waals surface area contributed by atoms with Crippen LogP contribution in [0.3, 0.4) is 0 Å². The molecule has 0 fully saturated rings. The van der Waals surface area contributed by atoms with Crippen LogP contribution in [0.25, 0.3) is 0 Å². The van der Waals surface area contributed by atoms with Gasteiger partial charge in [0.2, 0.25) is 0 Å². The summed E-state index contributed by atoms with van der Waals surface area (Å²) in [5.41, 5.74) is 2.27. The molecule has 0 saturated carbocycles. The van der Waals surface area contributed by atoms with E-state index in [2.05, 4.69) is 21.7 Å². The maximum atomic E-state index is 12.2. The fourth-order valence-corrected chi connectivity index (χ4v) is 2.60. The molecular weight excluding hydrogens is 290 g/mol. The van der Waals surface area contributed by atoms with Crippen LogP contribution >= 0.6 is 0 Å². The lowest BCUT2D eigenvalue weighted by atomic mass is 9.97. The summed E-state index contributed by atoms with van der Waals surface area (Å²) in [5, 5.41) is 5.69. The average molecular weight is 315 g/mol. The Labute approximate surface area is 137 Å². The van der Waals surface area contributed by atoms with Gasteiger partial charge in [-0.05, 0) is 44.6 Å². The van der Waals surface area contributed by atoms with Gasteiger partial charge in [0, 0.05) is 25.5 Å². The molecule has 0 radical (unpaired) electrons. The van der Waals surface area contributed by atoms with Crippen LogP contribution in [0.1, 0.15) is 66.2 Å². The number of carbonyl (C=O) groups excluding carboxylic acids is 2. The normalized spacial score (nSPS) is 14.0. The van der Waals surface area contributed by atoms with Gasteiger partial charge in [0.25, 0.3) is 11.8 Å². The van der Waals surface area contributed by atoms with E-state index in [-0.39, 0.29) is 11.8 Å². The van der Waals surface area contributed by atoms with Crippen molar-refractivity contribution in [3.8, 4) is 0 Å². The maximum Gasteiger partial charge on any atom is 0.252 e. The molecule has 2 amide bonds. The largest absolute Gasteiger partial charge is 0.352 e. The lowest BCUT2D eigenvalue weighted by Gasteiger charge is -2.13. The van der Waals surface area contributed by atoms with E-state index >= 15 is 0 Å². The van der Waals surface area contributed by atoms with E-state index in [1.54, 1.807) is 6.07 Å². The summed E-state index contributed by atoms with van der Waals surface area (Å²) in [7, 11) is 0. The van der Waals surface area contributed by atoms with Crippen molar-refractivity contribution in [2.45, 2.75) is 45.4 Å². The highest BCUT2D eigenvalue weighted by Gasteiger charge is 2.11. The molecule has 0 unspecified atom stereocenters. The van der Waals surface area contributed by atoms with Crippen LogP contribution in [0.15, 0.2) is 30.1 Å². The highest BCUT2D eigenvalue weighted by atomic mass is 16.2. The Hall–Kier alpha value is -2.17. The molecule has 5 heteroatoms. The quantitative estimate of drug-likeness (QED) is 0.760. The molecule has 0 aliphatic heterocycles. The van der Waals surface area contributed by atoms with Gasteiger partial charge in [-0.1, -0.05) is 18.6 Å². The number of carbonyl (C=O) groups is 2. The van der Waals surface area contributed by atoms with Gasteiger partial charge in [0.15, 0.2) is 0 Å². The fraction of sp³-hybridized carbons (Fsp3) is 0.500. The van der Waals surface area contributed by atoms with Gasteiger partial charge in [0.05, 0.1) is 11.1 Å². The Bertz CT molecular complexity index is 581. The number of amides is 2. The summed E-state index contributed by atoms with van der Waals surface area (Å²) >= 11 is 0. The standard InChI is InChI=1S/C18H25N3O2/c1-2-9-20-17(22)15-11-16(13-19-12-15)18(23)21-10-8-14-6-4-3-5-7-14/h6,11-13H,2-5,7-10H2,1H3,(H,20,22)(H,21,23). The monoisotopic (exact) mass is 315 g/mol. The molecule has 2 N–H and O–H groups in total. The van der Waals surface area contributed by atoms with E-state index in [0.29, 0.717) is 24.2 Å². The van der Waals surface area contributed by atoms with Crippen molar-refractivity contribution in [1.82, 2.24) is 15.6 Å². The molecule has 1 aromatic rings. The maximum absolute atomic E-state index is 12.2. The minimum absolute atomic E-state index is 0.181. The summed E-state index contributed by atoms with van der Waals surface area (Å²) in [5.74, 6) is -0.375. The molecule has 1 aromatic heterocycles. The lowest BCUT2D eigenvalue weighted by Crippen LogP contribution is -2.27. The number of aromatic nitrogens is 1. The zero-order valence-electron chi connectivity index (χ0n) is 13.7. The Morgan fingerprint density at radius 1 is 1.09 bits per heavy atom. The molecule has 1 aliphatic carbocycles. The third kappa shape index (κ3) is 5.51. The Balaban J connectivity index is 1.86. The second-order valence-electron chi connectivity index (χ2n) is 5.83. The highest BCUT2D eigenvalue weighted by molar-refractivity contribution is 5.99. The second kappa shape index (κ2) is 9.08. The van der Waals surface area contributed by atoms with Gasteiger partial charge in [-0.15, -0.1) is 0 Å². The van der Waals surface area contributed by atoms with Crippen molar-refractivity contribution >= 4 is 11.8 Å². The molecule has 0 spiro atoms. The Morgan fingerprint density at radius 2 is 1.78 bits per heavy atom. The van der Waals surface area contributed by atoms with Gasteiger partial charge >= 0.3 is 0 Å². The van der Waals surface area contributed by atoms with Gasteiger partial charge in [-0.25, -0.2) is 0 Å². The van der Waals surface area contributed by atoms with Crippen molar-refractivity contribution in [2.75, 3.05) is 13.1 Å². The van der Waals surface area contributed by atoms with Crippen LogP contribution in [0.5, 0.6) is 0 Å². The second-order valence-corrected chi connectivity index (χ2v) is 5.83. The van der Waals surface area contributed by atoms with E-state index in [1.165, 1.54) is 30.8 Å². The van der Waals surface area contributed by atoms with Crippen LogP contribution < -0.4 is 10.6 Å². The van der Waals surface area contributed by atoms with Crippen molar-refractivity contribution in [1.29, 1.82) is 0 Å². The summed E-state index contributed by atoms with van der Waals surface area (Å²) < 4.78 is 0. The van der Waals surface area contributed by atoms with E-state index in [9.17, 15) is 9.59 Å². The fourth-order valence-electron chi connectivity index (χ4n) is 2.60. The van der Waals surface area contributed by atoms with E-state index in [0.717, 1.165) is 25.7 Å². The van der Waals surface area contributed by atoms with Gasteiger partial charge in [-0.2, -0.15) is 0 Å². The van der Waals surface area contributed by atoms with E-state index in [4.69, 9.17) is 0 Å². The van der Waals surface area contributed by atoms with E-state index in [1.807, 2.05) is 6.92 Å². The number of allylic oxidation sites excluding steroid dienone is 1. The number of hydrogen-bond acceptors (Lipinski definition) is 3. The summed E-state index contributed by atoms with van der Waals surface area (Å²) in [6.45, 7) is 3.23. The number of hydrogen-bond donors (Lipinski definition) is 2. The molecular formula is C18H25N3O2. The molecule has 124 valence electrons. The third-order valence-corrected chi connectivity index (χ3v) is 3.91. The Kier molecular flexibility index (Phi) is 6.78. The minimum atomic E-state index is -0.193. The molecule has 23 heavy (non-hydrogen) atoms.